The van der Waals surface area contributed by atoms with Crippen LogP contribution in [0.5, 0.6) is 0 Å². The van der Waals surface area contributed by atoms with Crippen LogP contribution in [0.1, 0.15) is 30.1 Å². The summed E-state index contributed by atoms with van der Waals surface area (Å²) < 4.78 is 33.4. The number of piperidine rings is 1. The van der Waals surface area contributed by atoms with E-state index < -0.39 is 12.0 Å². The van der Waals surface area contributed by atoms with Gasteiger partial charge in [0, 0.05) is 54.4 Å². The second kappa shape index (κ2) is 8.74. The number of carbonyl (C=O) groups excluding carboxylic acids is 2. The Hall–Kier alpha value is -3.20. The molecule has 4 rings (SSSR count). The van der Waals surface area contributed by atoms with Crippen molar-refractivity contribution >= 4 is 40.3 Å². The quantitative estimate of drug-likeness (QED) is 0.584. The Labute approximate surface area is 187 Å². The summed E-state index contributed by atoms with van der Waals surface area (Å²) in [6, 6.07) is 8.52. The number of anilines is 1. The summed E-state index contributed by atoms with van der Waals surface area (Å²) >= 11 is 6.22. The molecular formula is C22H21ClF2N4O3. The molecule has 0 radical (unpaired) electrons. The molecule has 3 aromatic rings. The van der Waals surface area contributed by atoms with Crippen LogP contribution in [0.25, 0.3) is 16.7 Å². The van der Waals surface area contributed by atoms with E-state index in [-0.39, 0.29) is 38.4 Å². The predicted molar refractivity (Wildman–Crippen MR) is 117 cm³/mol. The van der Waals surface area contributed by atoms with Gasteiger partial charge in [-0.1, -0.05) is 11.6 Å². The number of fused-ring (bicyclic) bond motifs is 1. The molecule has 1 aliphatic rings. The highest BCUT2D eigenvalue weighted by Gasteiger charge is 2.35. The molecule has 32 heavy (non-hydrogen) atoms. The van der Waals surface area contributed by atoms with Crippen molar-refractivity contribution in [2.45, 2.75) is 25.7 Å². The van der Waals surface area contributed by atoms with E-state index in [1.54, 1.807) is 48.0 Å². The van der Waals surface area contributed by atoms with Crippen molar-refractivity contribution in [1.82, 2.24) is 14.5 Å². The van der Waals surface area contributed by atoms with E-state index in [0.29, 0.717) is 33.0 Å². The molecule has 1 saturated heterocycles. The Balaban J connectivity index is 1.59. The molecule has 0 saturated carbocycles. The molecule has 0 atom stereocenters. The maximum Gasteiger partial charge on any atom is 0.411 e. The number of alkyl halides is 2. The van der Waals surface area contributed by atoms with Crippen molar-refractivity contribution in [2.24, 2.45) is 0 Å². The van der Waals surface area contributed by atoms with Gasteiger partial charge in [0.15, 0.2) is 0 Å². The van der Waals surface area contributed by atoms with E-state index >= 15 is 0 Å². The van der Waals surface area contributed by atoms with Gasteiger partial charge in [0.25, 0.3) is 11.8 Å². The first-order valence-electron chi connectivity index (χ1n) is 10.1. The van der Waals surface area contributed by atoms with E-state index in [2.05, 4.69) is 10.3 Å². The molecule has 168 valence electrons. The number of halogens is 3. The van der Waals surface area contributed by atoms with Crippen molar-refractivity contribution < 1.29 is 23.1 Å². The molecule has 1 fully saturated rings. The molecule has 2 aromatic heterocycles. The van der Waals surface area contributed by atoms with E-state index in [4.69, 9.17) is 16.3 Å². The lowest BCUT2D eigenvalue weighted by molar-refractivity contribution is -0.0494. The maximum atomic E-state index is 13.4. The largest absolute Gasteiger partial charge is 0.450 e. The summed E-state index contributed by atoms with van der Waals surface area (Å²) in [5, 5.41) is 3.73. The van der Waals surface area contributed by atoms with Crippen LogP contribution in [0.15, 0.2) is 42.7 Å². The van der Waals surface area contributed by atoms with Gasteiger partial charge >= 0.3 is 6.09 Å². The third kappa shape index (κ3) is 4.67. The van der Waals surface area contributed by atoms with Crippen LogP contribution >= 0.6 is 11.6 Å². The van der Waals surface area contributed by atoms with Gasteiger partial charge in [-0.25, -0.2) is 18.6 Å². The number of hydrogen-bond donors (Lipinski definition) is 1. The minimum absolute atomic E-state index is 0.0175. The summed E-state index contributed by atoms with van der Waals surface area (Å²) in [5.41, 5.74) is 2.04. The zero-order valence-corrected chi connectivity index (χ0v) is 18.0. The highest BCUT2D eigenvalue weighted by Crippen LogP contribution is 2.29. The zero-order chi connectivity index (χ0) is 22.9. The molecule has 0 aliphatic carbocycles. The first-order chi connectivity index (χ1) is 15.3. The number of benzene rings is 1. The van der Waals surface area contributed by atoms with Gasteiger partial charge in [-0.15, -0.1) is 0 Å². The zero-order valence-electron chi connectivity index (χ0n) is 17.3. The maximum absolute atomic E-state index is 13.4. The lowest BCUT2D eigenvalue weighted by Gasteiger charge is -2.31. The Morgan fingerprint density at radius 2 is 1.97 bits per heavy atom. The summed E-state index contributed by atoms with van der Waals surface area (Å²) in [7, 11) is 0. The number of hydrogen-bond acceptors (Lipinski definition) is 4. The third-order valence-electron chi connectivity index (χ3n) is 5.24. The van der Waals surface area contributed by atoms with Gasteiger partial charge < -0.3 is 14.2 Å². The van der Waals surface area contributed by atoms with E-state index in [9.17, 15) is 18.4 Å². The third-order valence-corrected chi connectivity index (χ3v) is 5.46. The summed E-state index contributed by atoms with van der Waals surface area (Å²) in [4.78, 5) is 30.3. The van der Waals surface area contributed by atoms with Gasteiger partial charge in [0.05, 0.1) is 17.9 Å². The van der Waals surface area contributed by atoms with Crippen molar-refractivity contribution in [3.63, 3.8) is 0 Å². The normalized spacial score (nSPS) is 15.6. The molecule has 0 unspecified atom stereocenters. The molecule has 0 bridgehead atoms. The predicted octanol–water partition coefficient (Wildman–Crippen LogP) is 5.12. The van der Waals surface area contributed by atoms with Crippen molar-refractivity contribution in [3.05, 3.63) is 53.3 Å². The van der Waals surface area contributed by atoms with Gasteiger partial charge in [-0.2, -0.15) is 0 Å². The topological polar surface area (TPSA) is 76.5 Å². The highest BCUT2D eigenvalue weighted by molar-refractivity contribution is 6.31. The van der Waals surface area contributed by atoms with E-state index in [1.807, 2.05) is 0 Å². The lowest BCUT2D eigenvalue weighted by atomic mass is 10.1. The molecule has 1 N–H and O–H groups in total. The van der Waals surface area contributed by atoms with Crippen molar-refractivity contribution in [2.75, 3.05) is 25.0 Å². The SMILES string of the molecule is CCOC(=O)Nc1cc(Cl)cc(-n2ccc3cc(C(=O)N4CCC(F)(F)CC4)cnc32)c1. The van der Waals surface area contributed by atoms with Crippen LogP contribution in [-0.2, 0) is 4.74 Å². The number of rotatable bonds is 4. The van der Waals surface area contributed by atoms with Crippen LogP contribution in [0.3, 0.4) is 0 Å². The van der Waals surface area contributed by atoms with Crippen LogP contribution < -0.4 is 5.32 Å². The fraction of sp³-hybridized carbons (Fsp3) is 0.318. The Morgan fingerprint density at radius 3 is 2.69 bits per heavy atom. The highest BCUT2D eigenvalue weighted by atomic mass is 35.5. The van der Waals surface area contributed by atoms with Gasteiger partial charge in [0.1, 0.15) is 5.65 Å². The molecule has 7 nitrogen and oxygen atoms in total. The number of ether oxygens (including phenoxy) is 1. The lowest BCUT2D eigenvalue weighted by Crippen LogP contribution is -2.42. The summed E-state index contributed by atoms with van der Waals surface area (Å²) in [6.07, 6.45) is 1.96. The monoisotopic (exact) mass is 462 g/mol. The minimum Gasteiger partial charge on any atom is -0.450 e. The molecule has 1 aliphatic heterocycles. The van der Waals surface area contributed by atoms with Crippen LogP contribution in [0.2, 0.25) is 5.02 Å². The van der Waals surface area contributed by atoms with Crippen LogP contribution in [0, 0.1) is 0 Å². The van der Waals surface area contributed by atoms with E-state index in [1.165, 1.54) is 11.1 Å². The van der Waals surface area contributed by atoms with E-state index in [0.717, 1.165) is 0 Å². The van der Waals surface area contributed by atoms with Crippen molar-refractivity contribution in [3.8, 4) is 5.69 Å². The first-order valence-corrected chi connectivity index (χ1v) is 10.5. The molecule has 1 aromatic carbocycles. The van der Waals surface area contributed by atoms with Gasteiger partial charge in [-0.05, 0) is 37.3 Å². The average Bonchev–Trinajstić information content (AvgIpc) is 3.16. The van der Waals surface area contributed by atoms with Crippen LogP contribution in [-0.4, -0.2) is 52.1 Å². The number of nitrogens with one attached hydrogen (secondary N) is 1. The van der Waals surface area contributed by atoms with Crippen LogP contribution in [0.4, 0.5) is 19.3 Å². The molecule has 3 heterocycles. The Kier molecular flexibility index (Phi) is 6.01. The summed E-state index contributed by atoms with van der Waals surface area (Å²) in [5.74, 6) is -3.03. The minimum atomic E-state index is -2.71. The Morgan fingerprint density at radius 1 is 1.22 bits per heavy atom. The van der Waals surface area contributed by atoms with Gasteiger partial charge in [0.2, 0.25) is 0 Å². The second-order valence-electron chi connectivity index (χ2n) is 7.51. The number of amides is 2. The first kappa shape index (κ1) is 22.0. The standard InChI is InChI=1S/C22H21ClF2N4O3/c1-2-32-21(31)27-17-10-16(23)11-18(12-17)29-6-3-14-9-15(13-26-19(14)29)20(30)28-7-4-22(24,25)5-8-28/h3,6,9-13H,2,4-5,7-8H2,1H3,(H,27,31). The fourth-order valence-electron chi connectivity index (χ4n) is 3.64. The fourth-order valence-corrected chi connectivity index (χ4v) is 3.87. The summed E-state index contributed by atoms with van der Waals surface area (Å²) in [6.45, 7) is 1.99. The smallest absolute Gasteiger partial charge is 0.411 e. The Bertz CT molecular complexity index is 1170. The number of carbonyl (C=O) groups is 2. The van der Waals surface area contributed by atoms with Crippen molar-refractivity contribution in [1.29, 1.82) is 0 Å². The number of nitrogens with zero attached hydrogens (tertiary/aromatic N) is 3. The average molecular weight is 463 g/mol. The second-order valence-corrected chi connectivity index (χ2v) is 7.95. The van der Waals surface area contributed by atoms with Gasteiger partial charge in [-0.3, -0.25) is 10.1 Å². The molecular weight excluding hydrogens is 442 g/mol. The number of pyridine rings is 1. The molecule has 2 amide bonds. The number of aromatic nitrogens is 2. The number of likely N-dealkylation sites (tertiary alicyclic amines) is 1. The molecule has 0 spiro atoms. The molecule has 10 heteroatoms.